The molecule has 0 aliphatic carbocycles. The van der Waals surface area contributed by atoms with Crippen LogP contribution in [0.1, 0.15) is 26.5 Å². The van der Waals surface area contributed by atoms with E-state index >= 15 is 0 Å². The Bertz CT molecular complexity index is 728. The van der Waals surface area contributed by atoms with Crippen LogP contribution in [0.3, 0.4) is 0 Å². The van der Waals surface area contributed by atoms with E-state index in [1.807, 2.05) is 30.5 Å². The Hall–Kier alpha value is -1.41. The van der Waals surface area contributed by atoms with Crippen molar-refractivity contribution in [2.75, 3.05) is 24.2 Å². The highest BCUT2D eigenvalue weighted by Gasteiger charge is 2.23. The number of rotatable bonds is 7. The molecule has 1 saturated heterocycles. The van der Waals surface area contributed by atoms with Gasteiger partial charge in [0.15, 0.2) is 5.13 Å². The number of morpholine rings is 1. The van der Waals surface area contributed by atoms with E-state index in [2.05, 4.69) is 41.2 Å². The Balaban J connectivity index is 1.47. The summed E-state index contributed by atoms with van der Waals surface area (Å²) in [5, 5.41) is 5.68. The third-order valence-electron chi connectivity index (χ3n) is 4.35. The zero-order valence-electron chi connectivity index (χ0n) is 16.1. The molecule has 1 aromatic heterocycles. The molecular formula is C20H27N3O2S2. The molecule has 3 unspecified atom stereocenters. The second-order valence-corrected chi connectivity index (χ2v) is 9.06. The minimum atomic E-state index is -0.0801. The van der Waals surface area contributed by atoms with E-state index in [9.17, 15) is 4.79 Å². The van der Waals surface area contributed by atoms with Crippen molar-refractivity contribution in [2.45, 2.75) is 44.4 Å². The third kappa shape index (κ3) is 6.31. The van der Waals surface area contributed by atoms with E-state index < -0.39 is 0 Å². The highest BCUT2D eigenvalue weighted by atomic mass is 32.2. The second kappa shape index (κ2) is 9.68. The quantitative estimate of drug-likeness (QED) is 0.702. The van der Waals surface area contributed by atoms with Gasteiger partial charge in [0.05, 0.1) is 17.9 Å². The van der Waals surface area contributed by atoms with Crippen LogP contribution in [-0.4, -0.2) is 46.8 Å². The maximum atomic E-state index is 12.4. The van der Waals surface area contributed by atoms with Crippen LogP contribution in [0.5, 0.6) is 0 Å². The van der Waals surface area contributed by atoms with Crippen LogP contribution >= 0.6 is 23.1 Å². The molecule has 0 radical (unpaired) electrons. The summed E-state index contributed by atoms with van der Waals surface area (Å²) >= 11 is 3.19. The van der Waals surface area contributed by atoms with Gasteiger partial charge in [0.2, 0.25) is 5.91 Å². The van der Waals surface area contributed by atoms with Crippen LogP contribution in [-0.2, 0) is 16.1 Å². The van der Waals surface area contributed by atoms with Gasteiger partial charge < -0.3 is 10.1 Å². The first-order chi connectivity index (χ1) is 13.0. The summed E-state index contributed by atoms with van der Waals surface area (Å²) in [6, 6.07) is 10.2. The number of hydrogen-bond acceptors (Lipinski definition) is 6. The molecule has 1 aliphatic heterocycles. The first kappa shape index (κ1) is 20.3. The van der Waals surface area contributed by atoms with Crippen LogP contribution in [0.4, 0.5) is 5.13 Å². The van der Waals surface area contributed by atoms with Crippen molar-refractivity contribution in [3.05, 3.63) is 41.4 Å². The molecule has 27 heavy (non-hydrogen) atoms. The lowest BCUT2D eigenvalue weighted by Crippen LogP contribution is -2.44. The number of hydrogen-bond donors (Lipinski definition) is 1. The SMILES string of the molecule is CC1CN(Cc2csc(NC(=O)C(C)CSc3ccccc3)n2)CC(C)O1. The number of anilines is 1. The highest BCUT2D eigenvalue weighted by Crippen LogP contribution is 2.23. The van der Waals surface area contributed by atoms with Gasteiger partial charge in [-0.05, 0) is 26.0 Å². The Morgan fingerprint density at radius 2 is 2.04 bits per heavy atom. The Labute approximate surface area is 169 Å². The fourth-order valence-corrected chi connectivity index (χ4v) is 4.77. The zero-order valence-corrected chi connectivity index (χ0v) is 17.7. The van der Waals surface area contributed by atoms with Crippen LogP contribution in [0, 0.1) is 5.92 Å². The number of benzene rings is 1. The molecule has 1 aliphatic rings. The summed E-state index contributed by atoms with van der Waals surface area (Å²) in [4.78, 5) is 20.6. The molecule has 2 heterocycles. The second-order valence-electron chi connectivity index (χ2n) is 7.11. The summed E-state index contributed by atoms with van der Waals surface area (Å²) in [5.74, 6) is 0.689. The van der Waals surface area contributed by atoms with Crippen molar-refractivity contribution in [1.82, 2.24) is 9.88 Å². The summed E-state index contributed by atoms with van der Waals surface area (Å²) in [7, 11) is 0. The van der Waals surface area contributed by atoms with Crippen molar-refractivity contribution < 1.29 is 9.53 Å². The predicted octanol–water partition coefficient (Wildman–Crippen LogP) is 4.12. The Morgan fingerprint density at radius 3 is 2.74 bits per heavy atom. The number of thiazole rings is 1. The first-order valence-corrected chi connectivity index (χ1v) is 11.2. The standard InChI is InChI=1S/C20H27N3O2S2/c1-14(12-26-18-7-5-4-6-8-18)19(24)22-20-21-17(13-27-20)11-23-9-15(2)25-16(3)10-23/h4-8,13-16H,9-12H2,1-3H3,(H,21,22,24). The zero-order chi connectivity index (χ0) is 19.2. The molecular weight excluding hydrogens is 378 g/mol. The predicted molar refractivity (Wildman–Crippen MR) is 112 cm³/mol. The van der Waals surface area contributed by atoms with Crippen molar-refractivity contribution in [3.63, 3.8) is 0 Å². The van der Waals surface area contributed by atoms with E-state index in [4.69, 9.17) is 4.74 Å². The van der Waals surface area contributed by atoms with Gasteiger partial charge in [-0.1, -0.05) is 25.1 Å². The van der Waals surface area contributed by atoms with Gasteiger partial charge in [0.1, 0.15) is 0 Å². The lowest BCUT2D eigenvalue weighted by Gasteiger charge is -2.34. The molecule has 1 fully saturated rings. The normalized spacial score (nSPS) is 21.7. The maximum Gasteiger partial charge on any atom is 0.229 e. The molecule has 5 nitrogen and oxygen atoms in total. The smallest absolute Gasteiger partial charge is 0.229 e. The number of nitrogens with one attached hydrogen (secondary N) is 1. The molecule has 1 N–H and O–H groups in total. The molecule has 3 atom stereocenters. The maximum absolute atomic E-state index is 12.4. The summed E-state index contributed by atoms with van der Waals surface area (Å²) in [6.45, 7) is 8.78. The molecule has 0 spiro atoms. The number of ether oxygens (including phenoxy) is 1. The van der Waals surface area contributed by atoms with Gasteiger partial charge in [-0.25, -0.2) is 4.98 Å². The Kier molecular flexibility index (Phi) is 7.29. The van der Waals surface area contributed by atoms with E-state index in [1.54, 1.807) is 11.8 Å². The number of aromatic nitrogens is 1. The number of carbonyl (C=O) groups is 1. The molecule has 3 rings (SSSR count). The minimum absolute atomic E-state index is 0.0212. The average molecular weight is 406 g/mol. The minimum Gasteiger partial charge on any atom is -0.373 e. The number of amides is 1. The average Bonchev–Trinajstić information content (AvgIpc) is 3.06. The fourth-order valence-electron chi connectivity index (χ4n) is 3.12. The lowest BCUT2D eigenvalue weighted by atomic mass is 10.2. The van der Waals surface area contributed by atoms with Gasteiger partial charge in [0.25, 0.3) is 0 Å². The monoisotopic (exact) mass is 405 g/mol. The van der Waals surface area contributed by atoms with E-state index in [0.717, 1.165) is 31.1 Å². The lowest BCUT2D eigenvalue weighted by molar-refractivity contribution is -0.118. The van der Waals surface area contributed by atoms with E-state index in [-0.39, 0.29) is 24.0 Å². The fraction of sp³-hybridized carbons (Fsp3) is 0.500. The van der Waals surface area contributed by atoms with E-state index in [0.29, 0.717) is 5.13 Å². The molecule has 146 valence electrons. The first-order valence-electron chi connectivity index (χ1n) is 9.30. The molecule has 2 aromatic rings. The van der Waals surface area contributed by atoms with Gasteiger partial charge in [-0.15, -0.1) is 23.1 Å². The van der Waals surface area contributed by atoms with Gasteiger partial charge in [-0.3, -0.25) is 9.69 Å². The summed E-state index contributed by atoms with van der Waals surface area (Å²) in [6.07, 6.45) is 0.490. The number of carbonyl (C=O) groups excluding carboxylic acids is 1. The van der Waals surface area contributed by atoms with Crippen LogP contribution in [0.15, 0.2) is 40.6 Å². The van der Waals surface area contributed by atoms with Gasteiger partial charge in [0, 0.05) is 41.6 Å². The van der Waals surface area contributed by atoms with Crippen LogP contribution < -0.4 is 5.32 Å². The molecule has 1 amide bonds. The highest BCUT2D eigenvalue weighted by molar-refractivity contribution is 7.99. The molecule has 1 aromatic carbocycles. The molecule has 7 heteroatoms. The van der Waals surface area contributed by atoms with Crippen molar-refractivity contribution in [2.24, 2.45) is 5.92 Å². The van der Waals surface area contributed by atoms with Crippen molar-refractivity contribution in [3.8, 4) is 0 Å². The van der Waals surface area contributed by atoms with Crippen molar-refractivity contribution >= 4 is 34.1 Å². The number of nitrogens with zero attached hydrogens (tertiary/aromatic N) is 2. The Morgan fingerprint density at radius 1 is 1.33 bits per heavy atom. The van der Waals surface area contributed by atoms with E-state index in [1.165, 1.54) is 16.2 Å². The third-order valence-corrected chi connectivity index (χ3v) is 6.43. The van der Waals surface area contributed by atoms with Crippen LogP contribution in [0.2, 0.25) is 0 Å². The summed E-state index contributed by atoms with van der Waals surface area (Å²) in [5.41, 5.74) is 1.00. The molecule has 0 bridgehead atoms. The van der Waals surface area contributed by atoms with Gasteiger partial charge in [-0.2, -0.15) is 0 Å². The molecule has 0 saturated carbocycles. The largest absolute Gasteiger partial charge is 0.373 e. The summed E-state index contributed by atoms with van der Waals surface area (Å²) < 4.78 is 5.77. The van der Waals surface area contributed by atoms with Gasteiger partial charge >= 0.3 is 0 Å². The van der Waals surface area contributed by atoms with Crippen molar-refractivity contribution in [1.29, 1.82) is 0 Å². The number of thioether (sulfide) groups is 1. The topological polar surface area (TPSA) is 54.5 Å². The van der Waals surface area contributed by atoms with Crippen LogP contribution in [0.25, 0.3) is 0 Å².